The quantitative estimate of drug-likeness (QED) is 0.835. The maximum absolute atomic E-state index is 12.6. The van der Waals surface area contributed by atoms with Crippen LogP contribution in [0, 0.1) is 5.92 Å². The molecule has 0 spiro atoms. The Morgan fingerprint density at radius 1 is 1.00 bits per heavy atom. The third-order valence-corrected chi connectivity index (χ3v) is 5.80. The van der Waals surface area contributed by atoms with Gasteiger partial charge in [-0.2, -0.15) is 0 Å². The summed E-state index contributed by atoms with van der Waals surface area (Å²) in [5.41, 5.74) is 1.38. The Morgan fingerprint density at radius 3 is 2.28 bits per heavy atom. The fraction of sp³-hybridized carbons (Fsp3) is 0.600. The molecule has 2 aliphatic rings. The van der Waals surface area contributed by atoms with Crippen LogP contribution in [0.4, 0.5) is 0 Å². The van der Waals surface area contributed by atoms with E-state index in [0.717, 1.165) is 19.4 Å². The number of amides is 2. The molecule has 5 heteroatoms. The average molecular weight is 343 g/mol. The van der Waals surface area contributed by atoms with Crippen molar-refractivity contribution in [3.8, 4) is 0 Å². The first-order chi connectivity index (χ1) is 12.0. The second-order valence-corrected chi connectivity index (χ2v) is 7.34. The molecule has 2 heterocycles. The summed E-state index contributed by atoms with van der Waals surface area (Å²) >= 11 is 0. The van der Waals surface area contributed by atoms with E-state index in [0.29, 0.717) is 44.7 Å². The number of piperazine rings is 1. The Hall–Kier alpha value is -1.88. The van der Waals surface area contributed by atoms with E-state index in [1.165, 1.54) is 5.56 Å². The molecule has 136 valence electrons. The normalized spacial score (nSPS) is 24.6. The second-order valence-electron chi connectivity index (χ2n) is 7.34. The lowest BCUT2D eigenvalue weighted by Crippen LogP contribution is -2.52. The Balaban J connectivity index is 1.48. The molecule has 0 aliphatic carbocycles. The minimum Gasteiger partial charge on any atom is -0.339 e. The Bertz CT molecular complexity index is 596. The van der Waals surface area contributed by atoms with E-state index >= 15 is 0 Å². The lowest BCUT2D eigenvalue weighted by molar-refractivity contribution is -0.139. The van der Waals surface area contributed by atoms with Gasteiger partial charge in [0.05, 0.1) is 6.54 Å². The van der Waals surface area contributed by atoms with Crippen molar-refractivity contribution in [3.05, 3.63) is 35.9 Å². The minimum absolute atomic E-state index is 0.101. The topological polar surface area (TPSA) is 43.9 Å². The molecule has 2 amide bonds. The van der Waals surface area contributed by atoms with Crippen LogP contribution >= 0.6 is 0 Å². The summed E-state index contributed by atoms with van der Waals surface area (Å²) in [5.74, 6) is 0.921. The highest BCUT2D eigenvalue weighted by Crippen LogP contribution is 2.27. The summed E-state index contributed by atoms with van der Waals surface area (Å²) in [6.45, 7) is 7.99. The maximum atomic E-state index is 12.6. The van der Waals surface area contributed by atoms with Crippen LogP contribution in [0.3, 0.4) is 0 Å². The number of hydrogen-bond donors (Lipinski definition) is 0. The van der Waals surface area contributed by atoms with Gasteiger partial charge in [-0.15, -0.1) is 0 Å². The first kappa shape index (κ1) is 17.9. The van der Waals surface area contributed by atoms with Crippen molar-refractivity contribution < 1.29 is 9.59 Å². The lowest BCUT2D eigenvalue weighted by atomic mass is 9.93. The van der Waals surface area contributed by atoms with E-state index in [-0.39, 0.29) is 11.8 Å². The number of likely N-dealkylation sites (tertiary alicyclic amines) is 1. The van der Waals surface area contributed by atoms with E-state index in [1.54, 1.807) is 6.92 Å². The molecule has 25 heavy (non-hydrogen) atoms. The summed E-state index contributed by atoms with van der Waals surface area (Å²) in [6, 6.07) is 11.1. The molecule has 3 rings (SSSR count). The second kappa shape index (κ2) is 8.00. The molecule has 1 aromatic rings. The SMILES string of the molecule is CC(=O)N1CCN(C(=O)CN2CC[C@H](Cc3ccccc3)[C@H]2C)CC1. The molecule has 0 radical (unpaired) electrons. The van der Waals surface area contributed by atoms with E-state index in [4.69, 9.17) is 0 Å². The highest BCUT2D eigenvalue weighted by Gasteiger charge is 2.33. The predicted molar refractivity (Wildman–Crippen MR) is 98.1 cm³/mol. The van der Waals surface area contributed by atoms with Crippen molar-refractivity contribution in [3.63, 3.8) is 0 Å². The van der Waals surface area contributed by atoms with Gasteiger partial charge in [0, 0.05) is 39.1 Å². The van der Waals surface area contributed by atoms with Crippen molar-refractivity contribution >= 4 is 11.8 Å². The maximum Gasteiger partial charge on any atom is 0.236 e. The van der Waals surface area contributed by atoms with Crippen molar-refractivity contribution in [2.75, 3.05) is 39.3 Å². The van der Waals surface area contributed by atoms with Crippen LogP contribution in [0.1, 0.15) is 25.8 Å². The first-order valence-electron chi connectivity index (χ1n) is 9.36. The van der Waals surface area contributed by atoms with Crippen molar-refractivity contribution in [1.29, 1.82) is 0 Å². The summed E-state index contributed by atoms with van der Waals surface area (Å²) in [4.78, 5) is 30.1. The molecule has 2 aliphatic heterocycles. The van der Waals surface area contributed by atoms with Crippen LogP contribution in [-0.4, -0.2) is 71.8 Å². The highest BCUT2D eigenvalue weighted by atomic mass is 16.2. The number of hydrogen-bond acceptors (Lipinski definition) is 3. The number of benzene rings is 1. The molecule has 2 atom stereocenters. The van der Waals surface area contributed by atoms with Crippen LogP contribution in [0.25, 0.3) is 0 Å². The van der Waals surface area contributed by atoms with Crippen molar-refractivity contribution in [1.82, 2.24) is 14.7 Å². The first-order valence-corrected chi connectivity index (χ1v) is 9.36. The predicted octanol–water partition coefficient (Wildman–Crippen LogP) is 1.63. The number of carbonyl (C=O) groups excluding carboxylic acids is 2. The zero-order valence-electron chi connectivity index (χ0n) is 15.4. The van der Waals surface area contributed by atoms with Gasteiger partial charge in [0.2, 0.25) is 11.8 Å². The van der Waals surface area contributed by atoms with Crippen LogP contribution in [0.15, 0.2) is 30.3 Å². The molecule has 2 fully saturated rings. The molecule has 0 aromatic heterocycles. The van der Waals surface area contributed by atoms with Crippen LogP contribution in [0.2, 0.25) is 0 Å². The van der Waals surface area contributed by atoms with Gasteiger partial charge in [0.25, 0.3) is 0 Å². The standard InChI is InChI=1S/C20H29N3O2/c1-16-19(14-18-6-4-3-5-7-18)8-9-23(16)15-20(25)22-12-10-21(11-13-22)17(2)24/h3-7,16,19H,8-15H2,1-2H3/t16-,19-/m1/s1. The molecular formula is C20H29N3O2. The molecule has 2 saturated heterocycles. The number of rotatable bonds is 4. The largest absolute Gasteiger partial charge is 0.339 e. The Labute approximate surface area is 150 Å². The van der Waals surface area contributed by atoms with Gasteiger partial charge in [-0.25, -0.2) is 0 Å². The van der Waals surface area contributed by atoms with Gasteiger partial charge in [0.15, 0.2) is 0 Å². The van der Waals surface area contributed by atoms with Gasteiger partial charge in [-0.05, 0) is 37.8 Å². The van der Waals surface area contributed by atoms with Crippen molar-refractivity contribution in [2.45, 2.75) is 32.7 Å². The van der Waals surface area contributed by atoms with E-state index in [9.17, 15) is 9.59 Å². The van der Waals surface area contributed by atoms with Crippen LogP contribution in [0.5, 0.6) is 0 Å². The van der Waals surface area contributed by atoms with Gasteiger partial charge < -0.3 is 9.80 Å². The third kappa shape index (κ3) is 4.40. The summed E-state index contributed by atoms with van der Waals surface area (Å²) in [7, 11) is 0. The Morgan fingerprint density at radius 2 is 1.64 bits per heavy atom. The zero-order valence-corrected chi connectivity index (χ0v) is 15.4. The molecule has 0 bridgehead atoms. The summed E-state index contributed by atoms with van der Waals surface area (Å²) in [5, 5.41) is 0. The summed E-state index contributed by atoms with van der Waals surface area (Å²) in [6.07, 6.45) is 2.24. The third-order valence-electron chi connectivity index (χ3n) is 5.80. The minimum atomic E-state index is 0.101. The van der Waals surface area contributed by atoms with Crippen LogP contribution in [-0.2, 0) is 16.0 Å². The highest BCUT2D eigenvalue weighted by molar-refractivity contribution is 5.79. The van der Waals surface area contributed by atoms with E-state index in [2.05, 4.69) is 42.2 Å². The van der Waals surface area contributed by atoms with Crippen LogP contribution < -0.4 is 0 Å². The zero-order chi connectivity index (χ0) is 17.8. The van der Waals surface area contributed by atoms with Crippen molar-refractivity contribution in [2.24, 2.45) is 5.92 Å². The molecule has 0 unspecified atom stereocenters. The monoisotopic (exact) mass is 343 g/mol. The fourth-order valence-corrected chi connectivity index (χ4v) is 4.03. The van der Waals surface area contributed by atoms with E-state index in [1.807, 2.05) is 9.80 Å². The average Bonchev–Trinajstić information content (AvgIpc) is 2.96. The molecular weight excluding hydrogens is 314 g/mol. The number of carbonyl (C=O) groups is 2. The lowest BCUT2D eigenvalue weighted by Gasteiger charge is -2.35. The summed E-state index contributed by atoms with van der Waals surface area (Å²) < 4.78 is 0. The Kier molecular flexibility index (Phi) is 5.74. The number of nitrogens with zero attached hydrogens (tertiary/aromatic N) is 3. The molecule has 1 aromatic carbocycles. The van der Waals surface area contributed by atoms with Gasteiger partial charge in [-0.1, -0.05) is 30.3 Å². The molecule has 0 N–H and O–H groups in total. The fourth-order valence-electron chi connectivity index (χ4n) is 4.03. The smallest absolute Gasteiger partial charge is 0.236 e. The van der Waals surface area contributed by atoms with Gasteiger partial charge in [-0.3, -0.25) is 14.5 Å². The van der Waals surface area contributed by atoms with Gasteiger partial charge in [0.1, 0.15) is 0 Å². The van der Waals surface area contributed by atoms with Gasteiger partial charge >= 0.3 is 0 Å². The molecule has 5 nitrogen and oxygen atoms in total. The van der Waals surface area contributed by atoms with E-state index < -0.39 is 0 Å². The molecule has 0 saturated carbocycles.